The molecule has 3 aromatic rings. The van der Waals surface area contributed by atoms with E-state index < -0.39 is 28.5 Å². The van der Waals surface area contributed by atoms with Crippen LogP contribution in [0.4, 0.5) is 5.69 Å². The Morgan fingerprint density at radius 3 is 2.23 bits per heavy atom. The van der Waals surface area contributed by atoms with Crippen LogP contribution >= 0.6 is 23.2 Å². The molecule has 0 saturated carbocycles. The lowest BCUT2D eigenvalue weighted by Gasteiger charge is -2.32. The number of rotatable bonds is 11. The van der Waals surface area contributed by atoms with E-state index in [4.69, 9.17) is 27.9 Å². The number of anilines is 1. The molecule has 0 aliphatic heterocycles. The van der Waals surface area contributed by atoms with Gasteiger partial charge in [-0.2, -0.15) is 0 Å². The number of sulfonamides is 1. The zero-order valence-corrected chi connectivity index (χ0v) is 24.4. The molecule has 1 N–H and O–H groups in total. The van der Waals surface area contributed by atoms with Crippen LogP contribution in [0.5, 0.6) is 5.75 Å². The van der Waals surface area contributed by atoms with Crippen molar-refractivity contribution in [2.24, 2.45) is 0 Å². The molecule has 1 atom stereocenters. The molecule has 0 spiro atoms. The molecule has 208 valence electrons. The highest BCUT2D eigenvalue weighted by atomic mass is 35.5. The Kier molecular flexibility index (Phi) is 10.2. The molecule has 0 aliphatic rings. The van der Waals surface area contributed by atoms with Crippen LogP contribution in [0.3, 0.4) is 0 Å². The average Bonchev–Trinajstić information content (AvgIpc) is 2.91. The van der Waals surface area contributed by atoms with Crippen LogP contribution in [0.1, 0.15) is 26.3 Å². The predicted octanol–water partition coefficient (Wildman–Crippen LogP) is 5.14. The lowest BCUT2D eigenvalue weighted by molar-refractivity contribution is -0.139. The fourth-order valence-corrected chi connectivity index (χ4v) is 5.56. The molecule has 0 aromatic heterocycles. The van der Waals surface area contributed by atoms with Crippen LogP contribution in [-0.4, -0.2) is 50.9 Å². The molecule has 39 heavy (non-hydrogen) atoms. The van der Waals surface area contributed by atoms with Crippen molar-refractivity contribution < 1.29 is 22.7 Å². The minimum absolute atomic E-state index is 0.00572. The number of nitrogens with one attached hydrogen (secondary N) is 1. The van der Waals surface area contributed by atoms with Gasteiger partial charge in [0.15, 0.2) is 0 Å². The van der Waals surface area contributed by atoms with E-state index in [1.54, 1.807) is 49.4 Å². The zero-order chi connectivity index (χ0) is 28.7. The van der Waals surface area contributed by atoms with Gasteiger partial charge in [-0.05, 0) is 68.8 Å². The van der Waals surface area contributed by atoms with E-state index in [1.165, 1.54) is 42.3 Å². The number of amides is 2. The number of carbonyl (C=O) groups excluding carboxylic acids is 2. The van der Waals surface area contributed by atoms with Gasteiger partial charge in [0.2, 0.25) is 11.8 Å². The first-order valence-electron chi connectivity index (χ1n) is 12.2. The number of halogens is 2. The summed E-state index contributed by atoms with van der Waals surface area (Å²) in [5.74, 6) is -0.369. The average molecular weight is 593 g/mol. The van der Waals surface area contributed by atoms with Crippen molar-refractivity contribution in [3.8, 4) is 5.75 Å². The standard InChI is InChI=1S/C28H31Cl2N3O5S/c1-19(2)31-28(35)20(3)32(17-21-9-8-10-23(15-21)38-4)27(34)18-33(22-13-14-25(29)26(30)16-22)39(36,37)24-11-6-5-7-12-24/h5-16,19-20H,17-18H2,1-4H3,(H,31,35). The quantitative estimate of drug-likeness (QED) is 0.333. The van der Waals surface area contributed by atoms with Gasteiger partial charge in [-0.15, -0.1) is 0 Å². The summed E-state index contributed by atoms with van der Waals surface area (Å²) in [5, 5.41) is 3.19. The third-order valence-electron chi connectivity index (χ3n) is 5.89. The van der Waals surface area contributed by atoms with E-state index in [-0.39, 0.29) is 39.1 Å². The lowest BCUT2D eigenvalue weighted by atomic mass is 10.1. The summed E-state index contributed by atoms with van der Waals surface area (Å²) in [5.41, 5.74) is 0.862. The molecule has 0 radical (unpaired) electrons. The van der Waals surface area contributed by atoms with Gasteiger partial charge >= 0.3 is 0 Å². The predicted molar refractivity (Wildman–Crippen MR) is 154 cm³/mol. The molecule has 0 heterocycles. The molecule has 11 heteroatoms. The van der Waals surface area contributed by atoms with Gasteiger partial charge in [0.05, 0.1) is 27.7 Å². The first-order valence-corrected chi connectivity index (χ1v) is 14.4. The maximum absolute atomic E-state index is 13.9. The summed E-state index contributed by atoms with van der Waals surface area (Å²) in [7, 11) is -2.67. The molecule has 1 unspecified atom stereocenters. The van der Waals surface area contributed by atoms with E-state index in [1.807, 2.05) is 13.8 Å². The number of hydrogen-bond donors (Lipinski definition) is 1. The van der Waals surface area contributed by atoms with Crippen LogP contribution in [0.15, 0.2) is 77.7 Å². The van der Waals surface area contributed by atoms with Crippen LogP contribution in [0, 0.1) is 0 Å². The number of methoxy groups -OCH3 is 1. The van der Waals surface area contributed by atoms with E-state index in [2.05, 4.69) is 5.32 Å². The van der Waals surface area contributed by atoms with Gasteiger partial charge in [-0.25, -0.2) is 8.42 Å². The maximum Gasteiger partial charge on any atom is 0.264 e. The Balaban J connectivity index is 2.05. The van der Waals surface area contributed by atoms with Crippen molar-refractivity contribution in [2.75, 3.05) is 18.0 Å². The zero-order valence-electron chi connectivity index (χ0n) is 22.1. The van der Waals surface area contributed by atoms with E-state index in [0.29, 0.717) is 11.3 Å². The topological polar surface area (TPSA) is 96.0 Å². The summed E-state index contributed by atoms with van der Waals surface area (Å²) >= 11 is 12.3. The van der Waals surface area contributed by atoms with Crippen molar-refractivity contribution in [2.45, 2.75) is 44.3 Å². The van der Waals surface area contributed by atoms with E-state index in [9.17, 15) is 18.0 Å². The maximum atomic E-state index is 13.9. The van der Waals surface area contributed by atoms with Crippen molar-refractivity contribution in [1.82, 2.24) is 10.2 Å². The first kappa shape index (κ1) is 30.3. The van der Waals surface area contributed by atoms with Gasteiger partial charge < -0.3 is 15.0 Å². The Bertz CT molecular complexity index is 1420. The molecule has 8 nitrogen and oxygen atoms in total. The molecule has 0 fully saturated rings. The van der Waals surface area contributed by atoms with Crippen molar-refractivity contribution >= 4 is 50.7 Å². The summed E-state index contributed by atoms with van der Waals surface area (Å²) in [6.45, 7) is 4.70. The summed E-state index contributed by atoms with van der Waals surface area (Å²) < 4.78 is 33.8. The highest BCUT2D eigenvalue weighted by Gasteiger charge is 2.33. The van der Waals surface area contributed by atoms with Crippen molar-refractivity contribution in [1.29, 1.82) is 0 Å². The van der Waals surface area contributed by atoms with Gasteiger partial charge in [-0.1, -0.05) is 53.5 Å². The van der Waals surface area contributed by atoms with Gasteiger partial charge in [0.25, 0.3) is 10.0 Å². The smallest absolute Gasteiger partial charge is 0.264 e. The molecule has 0 saturated heterocycles. The van der Waals surface area contributed by atoms with E-state index in [0.717, 1.165) is 4.31 Å². The second-order valence-corrected chi connectivity index (χ2v) is 11.8. The van der Waals surface area contributed by atoms with Crippen LogP contribution in [0.2, 0.25) is 10.0 Å². The number of ether oxygens (including phenoxy) is 1. The molecule has 2 amide bonds. The highest BCUT2D eigenvalue weighted by Crippen LogP contribution is 2.31. The number of nitrogens with zero attached hydrogens (tertiary/aromatic N) is 2. The molecular weight excluding hydrogens is 561 g/mol. The Morgan fingerprint density at radius 2 is 1.62 bits per heavy atom. The monoisotopic (exact) mass is 591 g/mol. The second kappa shape index (κ2) is 13.2. The van der Waals surface area contributed by atoms with Gasteiger partial charge in [-0.3, -0.25) is 13.9 Å². The van der Waals surface area contributed by atoms with Crippen molar-refractivity contribution in [3.63, 3.8) is 0 Å². The summed E-state index contributed by atoms with van der Waals surface area (Å²) in [6.07, 6.45) is 0. The lowest BCUT2D eigenvalue weighted by Crippen LogP contribution is -2.52. The van der Waals surface area contributed by atoms with Gasteiger partial charge in [0, 0.05) is 12.6 Å². The number of carbonyl (C=O) groups is 2. The molecule has 0 aliphatic carbocycles. The first-order chi connectivity index (χ1) is 18.4. The summed E-state index contributed by atoms with van der Waals surface area (Å²) in [4.78, 5) is 28.2. The molecule has 3 aromatic carbocycles. The minimum Gasteiger partial charge on any atom is -0.497 e. The number of benzene rings is 3. The van der Waals surface area contributed by atoms with Crippen molar-refractivity contribution in [3.05, 3.63) is 88.4 Å². The third kappa shape index (κ3) is 7.65. The SMILES string of the molecule is COc1cccc(CN(C(=O)CN(c2ccc(Cl)c(Cl)c2)S(=O)(=O)c2ccccc2)C(C)C(=O)NC(C)C)c1. The van der Waals surface area contributed by atoms with Gasteiger partial charge in [0.1, 0.15) is 18.3 Å². The Morgan fingerprint density at radius 1 is 0.923 bits per heavy atom. The normalized spacial score (nSPS) is 12.1. The fraction of sp³-hybridized carbons (Fsp3) is 0.286. The largest absolute Gasteiger partial charge is 0.497 e. The van der Waals surface area contributed by atoms with Crippen LogP contribution in [-0.2, 0) is 26.2 Å². The minimum atomic E-state index is -4.20. The second-order valence-electron chi connectivity index (χ2n) is 9.14. The molecule has 0 bridgehead atoms. The molecular formula is C28H31Cl2N3O5S. The Hall–Kier alpha value is -3.27. The Labute approximate surface area is 239 Å². The van der Waals surface area contributed by atoms with E-state index >= 15 is 0 Å². The highest BCUT2D eigenvalue weighted by molar-refractivity contribution is 7.92. The summed E-state index contributed by atoms with van der Waals surface area (Å²) in [6, 6.07) is 18.1. The fourth-order valence-electron chi connectivity index (χ4n) is 3.84. The number of hydrogen-bond acceptors (Lipinski definition) is 5. The molecule has 3 rings (SSSR count). The third-order valence-corrected chi connectivity index (χ3v) is 8.41. The van der Waals surface area contributed by atoms with Crippen LogP contribution in [0.25, 0.3) is 0 Å². The van der Waals surface area contributed by atoms with Crippen LogP contribution < -0.4 is 14.4 Å².